The maximum absolute atomic E-state index is 12.4. The van der Waals surface area contributed by atoms with Gasteiger partial charge in [0.25, 0.3) is 0 Å². The lowest BCUT2D eigenvalue weighted by atomic mass is 10.1. The Kier molecular flexibility index (Phi) is 6.38. The van der Waals surface area contributed by atoms with Gasteiger partial charge in [-0.05, 0) is 55.8 Å². The molecular weight excluding hydrogens is 300 g/mol. The highest BCUT2D eigenvalue weighted by atomic mass is 16.5. The summed E-state index contributed by atoms with van der Waals surface area (Å²) in [6, 6.07) is 15.7. The van der Waals surface area contributed by atoms with Crippen molar-refractivity contribution < 1.29 is 9.53 Å². The topological polar surface area (TPSA) is 41.6 Å². The number of rotatable bonds is 7. The molecule has 1 amide bonds. The molecule has 0 aliphatic carbocycles. The average Bonchev–Trinajstić information content (AvgIpc) is 2.62. The maximum atomic E-state index is 12.4. The number of benzene rings is 2. The summed E-state index contributed by atoms with van der Waals surface area (Å²) in [5, 5.41) is 2.98. The van der Waals surface area contributed by atoms with Crippen molar-refractivity contribution in [3.05, 3.63) is 59.7 Å². The Balaban J connectivity index is 1.92. The molecule has 1 N–H and O–H groups in total. The number of amides is 1. The van der Waals surface area contributed by atoms with Crippen LogP contribution in [0.25, 0.3) is 0 Å². The number of hydrogen-bond donors (Lipinski definition) is 1. The van der Waals surface area contributed by atoms with Crippen LogP contribution in [0.3, 0.4) is 0 Å². The van der Waals surface area contributed by atoms with E-state index in [0.29, 0.717) is 6.54 Å². The molecule has 1 atom stereocenters. The third kappa shape index (κ3) is 4.83. The Bertz CT molecular complexity index is 650. The first-order chi connectivity index (χ1) is 11.5. The molecule has 1 unspecified atom stereocenters. The SMILES string of the molecule is CCc1ccc(NC(=O)C(C)N(C)Cc2ccc(OC)cc2)cc1. The third-order valence-electron chi connectivity index (χ3n) is 4.26. The molecular formula is C20H26N2O2. The van der Waals surface area contributed by atoms with Gasteiger partial charge >= 0.3 is 0 Å². The lowest BCUT2D eigenvalue weighted by Gasteiger charge is -2.24. The van der Waals surface area contributed by atoms with E-state index in [9.17, 15) is 4.79 Å². The molecule has 2 aromatic carbocycles. The molecule has 0 saturated carbocycles. The molecule has 0 aliphatic heterocycles. The van der Waals surface area contributed by atoms with E-state index in [2.05, 4.69) is 12.2 Å². The zero-order chi connectivity index (χ0) is 17.5. The van der Waals surface area contributed by atoms with Crippen molar-refractivity contribution in [1.82, 2.24) is 4.90 Å². The van der Waals surface area contributed by atoms with Crippen LogP contribution in [0.5, 0.6) is 5.75 Å². The first-order valence-corrected chi connectivity index (χ1v) is 8.26. The molecule has 0 radical (unpaired) electrons. The summed E-state index contributed by atoms with van der Waals surface area (Å²) in [6.45, 7) is 4.73. The minimum absolute atomic E-state index is 0.00439. The Labute approximate surface area is 144 Å². The second-order valence-electron chi connectivity index (χ2n) is 5.98. The molecule has 4 nitrogen and oxygen atoms in total. The number of nitrogens with one attached hydrogen (secondary N) is 1. The van der Waals surface area contributed by atoms with E-state index in [1.165, 1.54) is 5.56 Å². The number of carbonyl (C=O) groups is 1. The van der Waals surface area contributed by atoms with Crippen molar-refractivity contribution >= 4 is 11.6 Å². The minimum atomic E-state index is -0.224. The number of ether oxygens (including phenoxy) is 1. The molecule has 0 aromatic heterocycles. The van der Waals surface area contributed by atoms with Crippen molar-refractivity contribution in [1.29, 1.82) is 0 Å². The van der Waals surface area contributed by atoms with E-state index < -0.39 is 0 Å². The first kappa shape index (κ1) is 18.0. The van der Waals surface area contributed by atoms with E-state index in [1.807, 2.05) is 67.4 Å². The highest BCUT2D eigenvalue weighted by molar-refractivity contribution is 5.94. The number of carbonyl (C=O) groups excluding carboxylic acids is 1. The largest absolute Gasteiger partial charge is 0.497 e. The van der Waals surface area contributed by atoms with Crippen LogP contribution in [-0.2, 0) is 17.8 Å². The van der Waals surface area contributed by atoms with E-state index in [-0.39, 0.29) is 11.9 Å². The van der Waals surface area contributed by atoms with Crippen LogP contribution in [0.1, 0.15) is 25.0 Å². The fourth-order valence-electron chi connectivity index (χ4n) is 2.43. The quantitative estimate of drug-likeness (QED) is 0.843. The van der Waals surface area contributed by atoms with Crippen LogP contribution < -0.4 is 10.1 Å². The monoisotopic (exact) mass is 326 g/mol. The maximum Gasteiger partial charge on any atom is 0.241 e. The zero-order valence-electron chi connectivity index (χ0n) is 14.9. The zero-order valence-corrected chi connectivity index (χ0v) is 14.9. The second kappa shape index (κ2) is 8.50. The van der Waals surface area contributed by atoms with Crippen molar-refractivity contribution in [2.24, 2.45) is 0 Å². The van der Waals surface area contributed by atoms with Gasteiger partial charge in [0.15, 0.2) is 0 Å². The number of nitrogens with zero attached hydrogens (tertiary/aromatic N) is 1. The highest BCUT2D eigenvalue weighted by Gasteiger charge is 2.18. The van der Waals surface area contributed by atoms with Gasteiger partial charge in [0, 0.05) is 12.2 Å². The standard InChI is InChI=1S/C20H26N2O2/c1-5-16-6-10-18(11-7-16)21-20(23)15(2)22(3)14-17-8-12-19(24-4)13-9-17/h6-13,15H,5,14H2,1-4H3,(H,21,23). The summed E-state index contributed by atoms with van der Waals surface area (Å²) in [4.78, 5) is 14.5. The molecule has 0 fully saturated rings. The summed E-state index contributed by atoms with van der Waals surface area (Å²) in [5.74, 6) is 0.831. The van der Waals surface area contributed by atoms with Gasteiger partial charge in [-0.15, -0.1) is 0 Å². The third-order valence-corrected chi connectivity index (χ3v) is 4.26. The molecule has 4 heteroatoms. The Morgan fingerprint density at radius 2 is 1.67 bits per heavy atom. The Morgan fingerprint density at radius 3 is 2.21 bits per heavy atom. The molecule has 0 aliphatic rings. The van der Waals surface area contributed by atoms with Gasteiger partial charge < -0.3 is 10.1 Å². The van der Waals surface area contributed by atoms with Crippen molar-refractivity contribution in [2.75, 3.05) is 19.5 Å². The molecule has 0 spiro atoms. The van der Waals surface area contributed by atoms with E-state index in [4.69, 9.17) is 4.74 Å². The van der Waals surface area contributed by atoms with Gasteiger partial charge in [0.2, 0.25) is 5.91 Å². The predicted molar refractivity (Wildman–Crippen MR) is 98.4 cm³/mol. The van der Waals surface area contributed by atoms with E-state index in [0.717, 1.165) is 23.4 Å². The summed E-state index contributed by atoms with van der Waals surface area (Å²) < 4.78 is 5.16. The van der Waals surface area contributed by atoms with Crippen LogP contribution in [0.2, 0.25) is 0 Å². The summed E-state index contributed by atoms with van der Waals surface area (Å²) in [5.41, 5.74) is 3.24. The second-order valence-corrected chi connectivity index (χ2v) is 5.98. The van der Waals surface area contributed by atoms with Crippen LogP contribution in [-0.4, -0.2) is 31.0 Å². The van der Waals surface area contributed by atoms with Gasteiger partial charge in [-0.3, -0.25) is 9.69 Å². The number of anilines is 1. The van der Waals surface area contributed by atoms with Gasteiger partial charge in [0.05, 0.1) is 13.2 Å². The fourth-order valence-corrected chi connectivity index (χ4v) is 2.43. The smallest absolute Gasteiger partial charge is 0.241 e. The van der Waals surface area contributed by atoms with Crippen molar-refractivity contribution in [2.45, 2.75) is 32.9 Å². The Hall–Kier alpha value is -2.33. The minimum Gasteiger partial charge on any atom is -0.497 e. The number of aryl methyl sites for hydroxylation is 1. The number of hydrogen-bond acceptors (Lipinski definition) is 3. The fraction of sp³-hybridized carbons (Fsp3) is 0.350. The Morgan fingerprint density at radius 1 is 1.08 bits per heavy atom. The molecule has 0 saturated heterocycles. The number of likely N-dealkylation sites (N-methyl/N-ethyl adjacent to an activating group) is 1. The van der Waals surface area contributed by atoms with Crippen molar-refractivity contribution in [3.63, 3.8) is 0 Å². The van der Waals surface area contributed by atoms with E-state index >= 15 is 0 Å². The van der Waals surface area contributed by atoms with Gasteiger partial charge in [-0.25, -0.2) is 0 Å². The highest BCUT2D eigenvalue weighted by Crippen LogP contribution is 2.15. The molecule has 2 rings (SSSR count). The van der Waals surface area contributed by atoms with Gasteiger partial charge in [0.1, 0.15) is 5.75 Å². The predicted octanol–water partition coefficient (Wildman–Crippen LogP) is 3.72. The molecule has 24 heavy (non-hydrogen) atoms. The molecule has 128 valence electrons. The van der Waals surface area contributed by atoms with E-state index in [1.54, 1.807) is 7.11 Å². The van der Waals surface area contributed by atoms with Gasteiger partial charge in [-0.1, -0.05) is 31.2 Å². The van der Waals surface area contributed by atoms with Gasteiger partial charge in [-0.2, -0.15) is 0 Å². The summed E-state index contributed by atoms with van der Waals surface area (Å²) in [7, 11) is 3.61. The number of methoxy groups -OCH3 is 1. The van der Waals surface area contributed by atoms with Crippen LogP contribution in [0, 0.1) is 0 Å². The normalized spacial score (nSPS) is 12.0. The van der Waals surface area contributed by atoms with Crippen LogP contribution in [0.4, 0.5) is 5.69 Å². The lowest BCUT2D eigenvalue weighted by molar-refractivity contribution is -0.120. The molecule has 0 bridgehead atoms. The average molecular weight is 326 g/mol. The van der Waals surface area contributed by atoms with Crippen LogP contribution in [0.15, 0.2) is 48.5 Å². The summed E-state index contributed by atoms with van der Waals surface area (Å²) >= 11 is 0. The summed E-state index contributed by atoms with van der Waals surface area (Å²) in [6.07, 6.45) is 0.995. The lowest BCUT2D eigenvalue weighted by Crippen LogP contribution is -2.39. The van der Waals surface area contributed by atoms with Crippen molar-refractivity contribution in [3.8, 4) is 5.75 Å². The first-order valence-electron chi connectivity index (χ1n) is 8.26. The molecule has 0 heterocycles. The van der Waals surface area contributed by atoms with Crippen LogP contribution >= 0.6 is 0 Å². The molecule has 2 aromatic rings.